The van der Waals surface area contributed by atoms with Crippen LogP contribution in [0, 0.1) is 0 Å². The fourth-order valence-electron chi connectivity index (χ4n) is 0.371. The van der Waals surface area contributed by atoms with Crippen LogP contribution in [0.25, 0.3) is 0 Å². The van der Waals surface area contributed by atoms with Gasteiger partial charge < -0.3 is 4.74 Å². The molecule has 0 aromatic carbocycles. The first-order chi connectivity index (χ1) is 3.33. The van der Waals surface area contributed by atoms with Crippen molar-refractivity contribution in [3.8, 4) is 0 Å². The van der Waals surface area contributed by atoms with Gasteiger partial charge in [-0.15, -0.1) is 0 Å². The zero-order valence-corrected chi connectivity index (χ0v) is 3.97. The van der Waals surface area contributed by atoms with Crippen LogP contribution < -0.4 is 0 Å². The third kappa shape index (κ3) is 0.607. The van der Waals surface area contributed by atoms with Crippen molar-refractivity contribution in [3.63, 3.8) is 0 Å². The second-order valence-electron chi connectivity index (χ2n) is 1.27. The van der Waals surface area contributed by atoms with Gasteiger partial charge in [-0.25, -0.2) is 0 Å². The highest BCUT2D eigenvalue weighted by atomic mass is 16.6. The lowest BCUT2D eigenvalue weighted by Gasteiger charge is -2.12. The average molecular weight is 99.1 g/mol. The molecule has 0 radical (unpaired) electrons. The molecule has 1 heterocycles. The molecule has 0 spiro atoms. The van der Waals surface area contributed by atoms with Gasteiger partial charge in [-0.2, -0.15) is 0 Å². The van der Waals surface area contributed by atoms with Gasteiger partial charge in [0.1, 0.15) is 6.42 Å². The van der Waals surface area contributed by atoms with Gasteiger partial charge in [0.15, 0.2) is 0 Å². The van der Waals surface area contributed by atoms with E-state index in [2.05, 4.69) is 9.73 Å². The number of rotatable bonds is 0. The third-order valence-electron chi connectivity index (χ3n) is 0.777. The van der Waals surface area contributed by atoms with Crippen LogP contribution in [0.4, 0.5) is 0 Å². The van der Waals surface area contributed by atoms with Crippen molar-refractivity contribution in [2.45, 2.75) is 6.42 Å². The molecule has 1 rings (SSSR count). The number of carbonyl (C=O) groups is 1. The molecule has 1 saturated heterocycles. The highest BCUT2D eigenvalue weighted by Gasteiger charge is 2.21. The smallest absolute Gasteiger partial charge is 0.321 e. The number of esters is 1. The Hall–Kier alpha value is -0.860. The van der Waals surface area contributed by atoms with Crippen molar-refractivity contribution < 1.29 is 9.53 Å². The highest BCUT2D eigenvalue weighted by molar-refractivity contribution is 6.08. The minimum atomic E-state index is -0.180. The van der Waals surface area contributed by atoms with Crippen LogP contribution in [-0.2, 0) is 9.53 Å². The molecule has 3 heteroatoms. The zero-order chi connectivity index (χ0) is 5.28. The van der Waals surface area contributed by atoms with Gasteiger partial charge in [0.25, 0.3) is 0 Å². The van der Waals surface area contributed by atoms with E-state index in [-0.39, 0.29) is 5.97 Å². The van der Waals surface area contributed by atoms with Crippen LogP contribution >= 0.6 is 0 Å². The summed E-state index contributed by atoms with van der Waals surface area (Å²) in [6.07, 6.45) is 0.385. The molecular weight excluding hydrogens is 94.0 g/mol. The molecule has 0 aromatic heterocycles. The summed E-state index contributed by atoms with van der Waals surface area (Å²) in [6, 6.07) is 0. The molecule has 0 atom stereocenters. The molecule has 3 nitrogen and oxygen atoms in total. The lowest BCUT2D eigenvalue weighted by molar-refractivity contribution is -0.140. The minimum Gasteiger partial charge on any atom is -0.411 e. The number of aliphatic imine (C=N–C) groups is 1. The van der Waals surface area contributed by atoms with Crippen molar-refractivity contribution in [1.29, 1.82) is 0 Å². The molecule has 1 aliphatic heterocycles. The van der Waals surface area contributed by atoms with Crippen molar-refractivity contribution in [1.82, 2.24) is 0 Å². The van der Waals surface area contributed by atoms with E-state index >= 15 is 0 Å². The Morgan fingerprint density at radius 1 is 1.86 bits per heavy atom. The molecule has 0 N–H and O–H groups in total. The second-order valence-corrected chi connectivity index (χ2v) is 1.27. The van der Waals surface area contributed by atoms with Crippen molar-refractivity contribution >= 4 is 11.9 Å². The van der Waals surface area contributed by atoms with Crippen LogP contribution in [-0.4, -0.2) is 18.9 Å². The molecular formula is C4H5NO2. The maximum atomic E-state index is 9.97. The summed E-state index contributed by atoms with van der Waals surface area (Å²) in [7, 11) is 1.60. The molecule has 0 aliphatic carbocycles. The van der Waals surface area contributed by atoms with E-state index in [4.69, 9.17) is 0 Å². The normalized spacial score (nSPS) is 24.1. The molecule has 0 bridgehead atoms. The Kier molecular flexibility index (Phi) is 0.817. The van der Waals surface area contributed by atoms with Crippen LogP contribution in [0.1, 0.15) is 6.42 Å². The van der Waals surface area contributed by atoms with Crippen LogP contribution in [0.15, 0.2) is 4.99 Å². The van der Waals surface area contributed by atoms with E-state index in [0.717, 1.165) is 0 Å². The fourth-order valence-corrected chi connectivity index (χ4v) is 0.371. The Labute approximate surface area is 41.0 Å². The summed E-state index contributed by atoms with van der Waals surface area (Å²) in [4.78, 5) is 13.6. The number of ether oxygens (including phenoxy) is 1. The second kappa shape index (κ2) is 1.33. The van der Waals surface area contributed by atoms with Gasteiger partial charge in [0, 0.05) is 7.05 Å². The van der Waals surface area contributed by atoms with Crippen LogP contribution in [0.2, 0.25) is 0 Å². The van der Waals surface area contributed by atoms with Crippen molar-refractivity contribution in [2.75, 3.05) is 7.05 Å². The van der Waals surface area contributed by atoms with Crippen LogP contribution in [0.5, 0.6) is 0 Å². The predicted octanol–water partition coefficient (Wildman–Crippen LogP) is -0.0384. The predicted molar refractivity (Wildman–Crippen MR) is 24.1 cm³/mol. The molecule has 0 saturated carbocycles. The van der Waals surface area contributed by atoms with Gasteiger partial charge in [-0.1, -0.05) is 0 Å². The molecule has 38 valence electrons. The fraction of sp³-hybridized carbons (Fsp3) is 0.500. The summed E-state index contributed by atoms with van der Waals surface area (Å²) in [5, 5.41) is 0. The summed E-state index contributed by atoms with van der Waals surface area (Å²) >= 11 is 0. The summed E-state index contributed by atoms with van der Waals surface area (Å²) in [5.41, 5.74) is 0. The van der Waals surface area contributed by atoms with Gasteiger partial charge in [-0.05, 0) is 0 Å². The van der Waals surface area contributed by atoms with E-state index in [1.54, 1.807) is 7.05 Å². The largest absolute Gasteiger partial charge is 0.411 e. The summed E-state index contributed by atoms with van der Waals surface area (Å²) < 4.78 is 4.40. The number of carbonyl (C=O) groups excluding carboxylic acids is 1. The highest BCUT2D eigenvalue weighted by Crippen LogP contribution is 2.03. The van der Waals surface area contributed by atoms with E-state index in [1.165, 1.54) is 0 Å². The van der Waals surface area contributed by atoms with Crippen molar-refractivity contribution in [3.05, 3.63) is 0 Å². The maximum absolute atomic E-state index is 9.97. The Balaban J connectivity index is 2.44. The first kappa shape index (κ1) is 4.30. The lowest BCUT2D eigenvalue weighted by atomic mass is 10.3. The minimum absolute atomic E-state index is 0.180. The zero-order valence-electron chi connectivity index (χ0n) is 3.97. The van der Waals surface area contributed by atoms with Gasteiger partial charge in [-0.3, -0.25) is 9.79 Å². The van der Waals surface area contributed by atoms with Gasteiger partial charge >= 0.3 is 5.97 Å². The molecule has 1 fully saturated rings. The maximum Gasteiger partial charge on any atom is 0.321 e. The summed E-state index contributed by atoms with van der Waals surface area (Å²) in [5.74, 6) is 0.366. The molecule has 0 amide bonds. The van der Waals surface area contributed by atoms with Gasteiger partial charge in [0.2, 0.25) is 5.90 Å². The molecule has 1 aliphatic rings. The molecule has 7 heavy (non-hydrogen) atoms. The third-order valence-corrected chi connectivity index (χ3v) is 0.777. The average Bonchev–Trinajstić information content (AvgIpc) is 1.58. The molecule has 0 unspecified atom stereocenters. The first-order valence-electron chi connectivity index (χ1n) is 1.99. The van der Waals surface area contributed by atoms with Crippen LogP contribution in [0.3, 0.4) is 0 Å². The lowest BCUT2D eigenvalue weighted by Crippen LogP contribution is -2.26. The Morgan fingerprint density at radius 3 is 2.57 bits per heavy atom. The van der Waals surface area contributed by atoms with E-state index in [0.29, 0.717) is 12.3 Å². The van der Waals surface area contributed by atoms with Gasteiger partial charge in [0.05, 0.1) is 0 Å². The quantitative estimate of drug-likeness (QED) is 0.400. The standard InChI is InChI=1S/C4H5NO2/c1-5-3-2-4(6)7-3/h2H2,1H3. The number of cyclic esters (lactones) is 1. The Morgan fingerprint density at radius 2 is 2.43 bits per heavy atom. The summed E-state index contributed by atoms with van der Waals surface area (Å²) in [6.45, 7) is 0. The molecule has 0 aromatic rings. The number of hydrogen-bond acceptors (Lipinski definition) is 3. The van der Waals surface area contributed by atoms with E-state index in [1.807, 2.05) is 0 Å². The van der Waals surface area contributed by atoms with E-state index in [9.17, 15) is 4.79 Å². The number of nitrogens with zero attached hydrogens (tertiary/aromatic N) is 1. The van der Waals surface area contributed by atoms with Crippen molar-refractivity contribution in [2.24, 2.45) is 4.99 Å². The SMILES string of the molecule is CN=C1CC(=O)O1. The first-order valence-corrected chi connectivity index (χ1v) is 1.99. The topological polar surface area (TPSA) is 38.7 Å². The monoisotopic (exact) mass is 99.0 g/mol. The Bertz CT molecular complexity index is 118. The van der Waals surface area contributed by atoms with E-state index < -0.39 is 0 Å². The number of hydrogen-bond donors (Lipinski definition) is 0.